The SMILES string of the molecule is Cn1nccc1C(=O)NC(C)(C)C(N)=NO. The number of nitrogens with two attached hydrogens (primary N) is 1. The Morgan fingerprint density at radius 1 is 1.69 bits per heavy atom. The summed E-state index contributed by atoms with van der Waals surface area (Å²) in [5, 5.41) is 17.9. The zero-order chi connectivity index (χ0) is 12.3. The van der Waals surface area contributed by atoms with Crippen molar-refractivity contribution in [3.63, 3.8) is 0 Å². The maximum absolute atomic E-state index is 11.8. The highest BCUT2D eigenvalue weighted by Crippen LogP contribution is 2.05. The summed E-state index contributed by atoms with van der Waals surface area (Å²) in [6.45, 7) is 3.27. The predicted octanol–water partition coefficient (Wildman–Crippen LogP) is -0.325. The maximum Gasteiger partial charge on any atom is 0.270 e. The second-order valence-electron chi connectivity index (χ2n) is 3.90. The van der Waals surface area contributed by atoms with Gasteiger partial charge in [-0.2, -0.15) is 5.10 Å². The Morgan fingerprint density at radius 2 is 2.31 bits per heavy atom. The number of nitrogens with one attached hydrogen (secondary N) is 1. The van der Waals surface area contributed by atoms with Crippen molar-refractivity contribution in [1.29, 1.82) is 0 Å². The molecule has 0 atom stereocenters. The summed E-state index contributed by atoms with van der Waals surface area (Å²) in [6, 6.07) is 1.58. The molecular weight excluding hydrogens is 210 g/mol. The fraction of sp³-hybridized carbons (Fsp3) is 0.444. The lowest BCUT2D eigenvalue weighted by Gasteiger charge is -2.24. The molecule has 7 nitrogen and oxygen atoms in total. The molecule has 0 spiro atoms. The third-order valence-corrected chi connectivity index (χ3v) is 2.23. The van der Waals surface area contributed by atoms with Gasteiger partial charge in [0.15, 0.2) is 5.84 Å². The van der Waals surface area contributed by atoms with Crippen LogP contribution in [0.15, 0.2) is 17.4 Å². The Labute approximate surface area is 92.9 Å². The topological polar surface area (TPSA) is 106 Å². The van der Waals surface area contributed by atoms with E-state index in [1.165, 1.54) is 10.9 Å². The molecule has 0 aliphatic heterocycles. The minimum Gasteiger partial charge on any atom is -0.409 e. The van der Waals surface area contributed by atoms with Crippen LogP contribution in [0.4, 0.5) is 0 Å². The van der Waals surface area contributed by atoms with E-state index in [2.05, 4.69) is 15.6 Å². The summed E-state index contributed by atoms with van der Waals surface area (Å²) in [5.74, 6) is -0.403. The highest BCUT2D eigenvalue weighted by Gasteiger charge is 2.27. The monoisotopic (exact) mass is 225 g/mol. The van der Waals surface area contributed by atoms with Gasteiger partial charge in [0.25, 0.3) is 5.91 Å². The fourth-order valence-corrected chi connectivity index (χ4v) is 1.13. The highest BCUT2D eigenvalue weighted by atomic mass is 16.4. The van der Waals surface area contributed by atoms with Crippen LogP contribution in [0.1, 0.15) is 24.3 Å². The van der Waals surface area contributed by atoms with E-state index < -0.39 is 5.54 Å². The van der Waals surface area contributed by atoms with Crippen molar-refractivity contribution in [1.82, 2.24) is 15.1 Å². The van der Waals surface area contributed by atoms with Crippen LogP contribution in [0.2, 0.25) is 0 Å². The first-order chi connectivity index (χ1) is 7.38. The molecule has 0 bridgehead atoms. The molecule has 1 amide bonds. The van der Waals surface area contributed by atoms with Gasteiger partial charge in [0.1, 0.15) is 5.69 Å². The average molecular weight is 225 g/mol. The summed E-state index contributed by atoms with van der Waals surface area (Å²) >= 11 is 0. The summed E-state index contributed by atoms with van der Waals surface area (Å²) in [7, 11) is 1.66. The van der Waals surface area contributed by atoms with Crippen molar-refractivity contribution in [2.45, 2.75) is 19.4 Å². The molecule has 0 aliphatic carbocycles. The van der Waals surface area contributed by atoms with Crippen LogP contribution < -0.4 is 11.1 Å². The van der Waals surface area contributed by atoms with Gasteiger partial charge < -0.3 is 16.3 Å². The number of hydrogen-bond donors (Lipinski definition) is 3. The third-order valence-electron chi connectivity index (χ3n) is 2.23. The highest BCUT2D eigenvalue weighted by molar-refractivity contribution is 5.98. The molecule has 16 heavy (non-hydrogen) atoms. The zero-order valence-electron chi connectivity index (χ0n) is 9.43. The van der Waals surface area contributed by atoms with Crippen LogP contribution in [0.25, 0.3) is 0 Å². The van der Waals surface area contributed by atoms with E-state index in [0.717, 1.165) is 0 Å². The van der Waals surface area contributed by atoms with E-state index in [-0.39, 0.29) is 11.7 Å². The van der Waals surface area contributed by atoms with Gasteiger partial charge in [-0.15, -0.1) is 0 Å². The Morgan fingerprint density at radius 3 is 2.75 bits per heavy atom. The smallest absolute Gasteiger partial charge is 0.270 e. The van der Waals surface area contributed by atoms with Gasteiger partial charge >= 0.3 is 0 Å². The minimum absolute atomic E-state index is 0.0666. The molecule has 88 valence electrons. The quantitative estimate of drug-likeness (QED) is 0.283. The number of aromatic nitrogens is 2. The molecule has 0 aromatic carbocycles. The summed E-state index contributed by atoms with van der Waals surface area (Å²) < 4.78 is 1.44. The summed E-state index contributed by atoms with van der Waals surface area (Å²) in [5.41, 5.74) is 4.93. The third kappa shape index (κ3) is 2.30. The fourth-order valence-electron chi connectivity index (χ4n) is 1.13. The molecule has 4 N–H and O–H groups in total. The van der Waals surface area contributed by atoms with Crippen molar-refractivity contribution in [2.75, 3.05) is 0 Å². The van der Waals surface area contributed by atoms with E-state index in [4.69, 9.17) is 10.9 Å². The number of amides is 1. The van der Waals surface area contributed by atoms with E-state index in [1.54, 1.807) is 27.0 Å². The van der Waals surface area contributed by atoms with Gasteiger partial charge in [0.05, 0.1) is 5.54 Å². The molecule has 7 heteroatoms. The van der Waals surface area contributed by atoms with Gasteiger partial charge in [0.2, 0.25) is 0 Å². The average Bonchev–Trinajstić information content (AvgIpc) is 2.62. The Hall–Kier alpha value is -2.05. The van der Waals surface area contributed by atoms with Gasteiger partial charge in [-0.05, 0) is 19.9 Å². The largest absolute Gasteiger partial charge is 0.409 e. The zero-order valence-corrected chi connectivity index (χ0v) is 9.43. The Kier molecular flexibility index (Phi) is 3.17. The number of amidine groups is 1. The van der Waals surface area contributed by atoms with Crippen molar-refractivity contribution >= 4 is 11.7 Å². The molecule has 1 aromatic rings. The first kappa shape index (κ1) is 12.0. The first-order valence-electron chi connectivity index (χ1n) is 4.67. The van der Waals surface area contributed by atoms with Gasteiger partial charge in [-0.1, -0.05) is 5.16 Å². The first-order valence-corrected chi connectivity index (χ1v) is 4.67. The lowest BCUT2D eigenvalue weighted by molar-refractivity contribution is 0.0921. The van der Waals surface area contributed by atoms with Crippen LogP contribution in [0.5, 0.6) is 0 Å². The molecule has 1 aromatic heterocycles. The van der Waals surface area contributed by atoms with Crippen molar-refractivity contribution in [3.05, 3.63) is 18.0 Å². The van der Waals surface area contributed by atoms with Crippen molar-refractivity contribution in [2.24, 2.45) is 17.9 Å². The molecule has 0 unspecified atom stereocenters. The van der Waals surface area contributed by atoms with Gasteiger partial charge in [-0.3, -0.25) is 9.48 Å². The maximum atomic E-state index is 11.8. The van der Waals surface area contributed by atoms with E-state index in [9.17, 15) is 4.79 Å². The number of oxime groups is 1. The molecule has 0 radical (unpaired) electrons. The van der Waals surface area contributed by atoms with Crippen LogP contribution in [0, 0.1) is 0 Å². The van der Waals surface area contributed by atoms with Gasteiger partial charge in [0, 0.05) is 13.2 Å². The number of carbonyl (C=O) groups excluding carboxylic acids is 1. The van der Waals surface area contributed by atoms with Crippen LogP contribution >= 0.6 is 0 Å². The number of rotatable bonds is 3. The van der Waals surface area contributed by atoms with Crippen LogP contribution in [-0.2, 0) is 7.05 Å². The minimum atomic E-state index is -0.921. The van der Waals surface area contributed by atoms with Gasteiger partial charge in [-0.25, -0.2) is 0 Å². The van der Waals surface area contributed by atoms with Crippen LogP contribution in [-0.4, -0.2) is 32.3 Å². The molecular formula is C9H15N5O2. The summed E-state index contributed by atoms with van der Waals surface area (Å²) in [6.07, 6.45) is 1.52. The number of hydrogen-bond acceptors (Lipinski definition) is 4. The predicted molar refractivity (Wildman–Crippen MR) is 58.2 cm³/mol. The Balaban J connectivity index is 2.84. The molecule has 1 rings (SSSR count). The number of aryl methyl sites for hydroxylation is 1. The van der Waals surface area contributed by atoms with Crippen molar-refractivity contribution < 1.29 is 10.0 Å². The molecule has 0 saturated heterocycles. The number of nitrogens with zero attached hydrogens (tertiary/aromatic N) is 3. The van der Waals surface area contributed by atoms with Crippen molar-refractivity contribution in [3.8, 4) is 0 Å². The van der Waals surface area contributed by atoms with Crippen LogP contribution in [0.3, 0.4) is 0 Å². The van der Waals surface area contributed by atoms with E-state index >= 15 is 0 Å². The van der Waals surface area contributed by atoms with E-state index in [0.29, 0.717) is 5.69 Å². The standard InChI is InChI=1S/C9H15N5O2/c1-9(2,8(10)13-16)12-7(15)6-4-5-11-14(6)3/h4-5,16H,1-3H3,(H2,10,13)(H,12,15). The second kappa shape index (κ2) is 4.21. The summed E-state index contributed by atoms with van der Waals surface area (Å²) in [4.78, 5) is 11.8. The molecule has 0 fully saturated rings. The lowest BCUT2D eigenvalue weighted by atomic mass is 10.0. The second-order valence-corrected chi connectivity index (χ2v) is 3.90. The molecule has 1 heterocycles. The lowest BCUT2D eigenvalue weighted by Crippen LogP contribution is -2.53. The van der Waals surface area contributed by atoms with E-state index in [1.807, 2.05) is 0 Å². The Bertz CT molecular complexity index is 421. The molecule has 0 aliphatic rings. The number of carbonyl (C=O) groups is 1. The molecule has 0 saturated carbocycles. The normalized spacial score (nSPS) is 12.6.